The van der Waals surface area contributed by atoms with Crippen molar-refractivity contribution in [3.8, 4) is 0 Å². The summed E-state index contributed by atoms with van der Waals surface area (Å²) in [5.74, 6) is 0.669. The van der Waals surface area contributed by atoms with E-state index in [1.165, 1.54) is 17.7 Å². The van der Waals surface area contributed by atoms with Crippen molar-refractivity contribution >= 4 is 17.4 Å². The molecule has 2 heterocycles. The third kappa shape index (κ3) is 5.14. The van der Waals surface area contributed by atoms with Crippen LogP contribution in [0.4, 0.5) is 16.2 Å². The van der Waals surface area contributed by atoms with Gasteiger partial charge in [-0.05, 0) is 75.5 Å². The lowest BCUT2D eigenvalue weighted by molar-refractivity contribution is 0.182. The Bertz CT molecular complexity index is 813. The third-order valence-electron chi connectivity index (χ3n) is 6.65. The van der Waals surface area contributed by atoms with Gasteiger partial charge in [-0.2, -0.15) is 0 Å². The number of urea groups is 1. The molecule has 5 heteroatoms. The summed E-state index contributed by atoms with van der Waals surface area (Å²) in [5, 5.41) is 3.08. The van der Waals surface area contributed by atoms with Gasteiger partial charge in [-0.15, -0.1) is 0 Å². The number of nitrogens with one attached hydrogen (secondary N) is 1. The molecule has 30 heavy (non-hydrogen) atoms. The zero-order valence-corrected chi connectivity index (χ0v) is 18.3. The van der Waals surface area contributed by atoms with Gasteiger partial charge in [0.05, 0.1) is 0 Å². The molecule has 1 atom stereocenters. The topological polar surface area (TPSA) is 38.8 Å². The number of nitrogens with zero attached hydrogens (tertiary/aromatic N) is 3. The van der Waals surface area contributed by atoms with Gasteiger partial charge in [-0.3, -0.25) is 0 Å². The normalized spacial score (nSPS) is 20.0. The number of carbonyl (C=O) groups is 1. The van der Waals surface area contributed by atoms with E-state index in [2.05, 4.69) is 71.7 Å². The zero-order chi connectivity index (χ0) is 20.9. The molecule has 4 rings (SSSR count). The van der Waals surface area contributed by atoms with Crippen LogP contribution < -0.4 is 10.2 Å². The molecule has 2 saturated heterocycles. The Morgan fingerprint density at radius 3 is 2.30 bits per heavy atom. The van der Waals surface area contributed by atoms with Gasteiger partial charge in [0, 0.05) is 43.6 Å². The maximum atomic E-state index is 12.7. The summed E-state index contributed by atoms with van der Waals surface area (Å²) in [6.45, 7) is 3.82. The quantitative estimate of drug-likeness (QED) is 0.804. The van der Waals surface area contributed by atoms with Crippen LogP contribution in [0, 0.1) is 5.92 Å². The molecule has 2 aromatic carbocycles. The van der Waals surface area contributed by atoms with E-state index in [4.69, 9.17) is 0 Å². The molecular formula is C25H34N4O. The lowest BCUT2D eigenvalue weighted by Gasteiger charge is -2.32. The molecule has 2 fully saturated rings. The number of hydrogen-bond donors (Lipinski definition) is 1. The van der Waals surface area contributed by atoms with Crippen LogP contribution in [0.5, 0.6) is 0 Å². The Labute approximate surface area is 180 Å². The molecule has 0 bridgehead atoms. The van der Waals surface area contributed by atoms with E-state index in [0.717, 1.165) is 51.1 Å². The van der Waals surface area contributed by atoms with Gasteiger partial charge < -0.3 is 20.0 Å². The second-order valence-corrected chi connectivity index (χ2v) is 8.95. The monoisotopic (exact) mass is 406 g/mol. The highest BCUT2D eigenvalue weighted by molar-refractivity contribution is 5.89. The lowest BCUT2D eigenvalue weighted by Crippen LogP contribution is -2.41. The summed E-state index contributed by atoms with van der Waals surface area (Å²) in [7, 11) is 4.30. The zero-order valence-electron chi connectivity index (χ0n) is 18.3. The second kappa shape index (κ2) is 9.52. The van der Waals surface area contributed by atoms with Crippen molar-refractivity contribution in [2.24, 2.45) is 5.92 Å². The van der Waals surface area contributed by atoms with Gasteiger partial charge in [0.1, 0.15) is 0 Å². The Hall–Kier alpha value is -2.53. The van der Waals surface area contributed by atoms with E-state index in [-0.39, 0.29) is 6.03 Å². The Morgan fingerprint density at radius 2 is 1.67 bits per heavy atom. The minimum Gasteiger partial charge on any atom is -0.370 e. The standard InChI is InChI=1S/C25H34N4O/c1-27(2)24-14-17-29(19-24)23-10-8-22(9-11-23)26-25(30)28-15-12-21(13-16-28)18-20-6-4-3-5-7-20/h3-11,21,24H,12-19H2,1-2H3,(H,26,30). The van der Waals surface area contributed by atoms with E-state index < -0.39 is 0 Å². The highest BCUT2D eigenvalue weighted by Gasteiger charge is 2.25. The van der Waals surface area contributed by atoms with Gasteiger partial charge in [0.25, 0.3) is 0 Å². The summed E-state index contributed by atoms with van der Waals surface area (Å²) in [4.78, 5) is 19.4. The Kier molecular flexibility index (Phi) is 6.58. The average molecular weight is 407 g/mol. The first-order chi connectivity index (χ1) is 14.6. The average Bonchev–Trinajstić information content (AvgIpc) is 3.26. The number of anilines is 2. The molecule has 160 valence electrons. The fourth-order valence-electron chi connectivity index (χ4n) is 4.64. The van der Waals surface area contributed by atoms with Crippen molar-refractivity contribution in [1.29, 1.82) is 0 Å². The van der Waals surface area contributed by atoms with Crippen molar-refractivity contribution < 1.29 is 4.79 Å². The lowest BCUT2D eigenvalue weighted by atomic mass is 9.90. The molecule has 2 aliphatic rings. The molecule has 0 radical (unpaired) electrons. The van der Waals surface area contributed by atoms with Gasteiger partial charge in [0.15, 0.2) is 0 Å². The van der Waals surface area contributed by atoms with Crippen LogP contribution in [-0.2, 0) is 6.42 Å². The summed E-state index contributed by atoms with van der Waals surface area (Å²) in [5.41, 5.74) is 3.51. The Balaban J connectivity index is 1.24. The summed E-state index contributed by atoms with van der Waals surface area (Å²) >= 11 is 0. The van der Waals surface area contributed by atoms with Gasteiger partial charge in [0.2, 0.25) is 0 Å². The highest BCUT2D eigenvalue weighted by atomic mass is 16.2. The van der Waals surface area contributed by atoms with Crippen LogP contribution in [0.15, 0.2) is 54.6 Å². The molecule has 0 aromatic heterocycles. The van der Waals surface area contributed by atoms with Crippen molar-refractivity contribution in [2.75, 3.05) is 50.5 Å². The van der Waals surface area contributed by atoms with Crippen LogP contribution in [-0.4, -0.2) is 62.1 Å². The number of amides is 2. The molecule has 2 aromatic rings. The highest BCUT2D eigenvalue weighted by Crippen LogP contribution is 2.25. The summed E-state index contributed by atoms with van der Waals surface area (Å²) < 4.78 is 0. The van der Waals surface area contributed by atoms with Gasteiger partial charge in [-0.1, -0.05) is 30.3 Å². The molecule has 2 amide bonds. The maximum Gasteiger partial charge on any atom is 0.321 e. The molecule has 5 nitrogen and oxygen atoms in total. The smallest absolute Gasteiger partial charge is 0.321 e. The largest absolute Gasteiger partial charge is 0.370 e. The van der Waals surface area contributed by atoms with Gasteiger partial charge >= 0.3 is 6.03 Å². The van der Waals surface area contributed by atoms with Crippen molar-refractivity contribution in [1.82, 2.24) is 9.80 Å². The van der Waals surface area contributed by atoms with Gasteiger partial charge in [-0.25, -0.2) is 4.79 Å². The number of likely N-dealkylation sites (tertiary alicyclic amines) is 1. The summed E-state index contributed by atoms with van der Waals surface area (Å²) in [6.07, 6.45) is 4.46. The molecule has 0 aliphatic carbocycles. The molecular weight excluding hydrogens is 372 g/mol. The Morgan fingerprint density at radius 1 is 0.967 bits per heavy atom. The predicted molar refractivity (Wildman–Crippen MR) is 124 cm³/mol. The minimum absolute atomic E-state index is 0.0229. The number of hydrogen-bond acceptors (Lipinski definition) is 3. The van der Waals surface area contributed by atoms with Crippen LogP contribution in [0.2, 0.25) is 0 Å². The van der Waals surface area contributed by atoms with Crippen LogP contribution in [0.1, 0.15) is 24.8 Å². The third-order valence-corrected chi connectivity index (χ3v) is 6.65. The number of benzene rings is 2. The van der Waals surface area contributed by atoms with E-state index in [1.807, 2.05) is 17.0 Å². The van der Waals surface area contributed by atoms with E-state index in [1.54, 1.807) is 0 Å². The second-order valence-electron chi connectivity index (χ2n) is 8.95. The molecule has 0 saturated carbocycles. The first-order valence-corrected chi connectivity index (χ1v) is 11.2. The molecule has 2 aliphatic heterocycles. The van der Waals surface area contributed by atoms with Crippen molar-refractivity contribution in [3.05, 3.63) is 60.2 Å². The first-order valence-electron chi connectivity index (χ1n) is 11.2. The fourth-order valence-corrected chi connectivity index (χ4v) is 4.64. The summed E-state index contributed by atoms with van der Waals surface area (Å²) in [6, 6.07) is 19.6. The van der Waals surface area contributed by atoms with E-state index >= 15 is 0 Å². The number of piperidine rings is 1. The molecule has 0 spiro atoms. The molecule has 1 unspecified atom stereocenters. The maximum absolute atomic E-state index is 12.7. The minimum atomic E-state index is 0.0229. The van der Waals surface area contributed by atoms with Crippen molar-refractivity contribution in [2.45, 2.75) is 31.7 Å². The number of carbonyl (C=O) groups excluding carboxylic acids is 1. The SMILES string of the molecule is CN(C)C1CCN(c2ccc(NC(=O)N3CCC(Cc4ccccc4)CC3)cc2)C1. The fraction of sp³-hybridized carbons (Fsp3) is 0.480. The molecule has 1 N–H and O–H groups in total. The van der Waals surface area contributed by atoms with E-state index in [0.29, 0.717) is 12.0 Å². The first kappa shape index (κ1) is 20.7. The predicted octanol–water partition coefficient (Wildman–Crippen LogP) is 4.31. The van der Waals surface area contributed by atoms with Crippen LogP contribution in [0.25, 0.3) is 0 Å². The van der Waals surface area contributed by atoms with E-state index in [9.17, 15) is 4.79 Å². The number of likely N-dealkylation sites (N-methyl/N-ethyl adjacent to an activating group) is 1. The van der Waals surface area contributed by atoms with Crippen LogP contribution >= 0.6 is 0 Å². The van der Waals surface area contributed by atoms with Crippen molar-refractivity contribution in [3.63, 3.8) is 0 Å². The number of rotatable bonds is 5. The van der Waals surface area contributed by atoms with Crippen LogP contribution in [0.3, 0.4) is 0 Å².